The highest BCUT2D eigenvalue weighted by molar-refractivity contribution is 7.89. The molecule has 0 radical (unpaired) electrons. The molecule has 7 heteroatoms. The van der Waals surface area contributed by atoms with Crippen LogP contribution in [0.25, 0.3) is 0 Å². The van der Waals surface area contributed by atoms with Gasteiger partial charge in [0.25, 0.3) is 0 Å². The first kappa shape index (κ1) is 18.7. The summed E-state index contributed by atoms with van der Waals surface area (Å²) < 4.78 is 33.0. The molecule has 0 aromatic heterocycles. The van der Waals surface area contributed by atoms with Gasteiger partial charge in [0.05, 0.1) is 17.5 Å². The van der Waals surface area contributed by atoms with E-state index in [-0.39, 0.29) is 10.8 Å². The number of sulfonamides is 1. The number of carbonyl (C=O) groups is 1. The Balaban J connectivity index is 2.09. The number of amides is 1. The average Bonchev–Trinajstić information content (AvgIpc) is 2.56. The zero-order valence-electron chi connectivity index (χ0n) is 14.5. The number of nitrogens with one attached hydrogen (secondary N) is 1. The molecule has 1 aliphatic rings. The van der Waals surface area contributed by atoms with Crippen molar-refractivity contribution in [3.8, 4) is 5.75 Å². The Morgan fingerprint density at radius 1 is 1.29 bits per heavy atom. The third kappa shape index (κ3) is 4.48. The van der Waals surface area contributed by atoms with Gasteiger partial charge in [-0.3, -0.25) is 4.79 Å². The third-order valence-electron chi connectivity index (χ3n) is 4.13. The van der Waals surface area contributed by atoms with Gasteiger partial charge in [0.1, 0.15) is 5.75 Å². The first-order valence-corrected chi connectivity index (χ1v) is 9.88. The van der Waals surface area contributed by atoms with Crippen LogP contribution in [0.15, 0.2) is 23.1 Å². The van der Waals surface area contributed by atoms with Crippen LogP contribution in [0.4, 0.5) is 0 Å². The van der Waals surface area contributed by atoms with Crippen molar-refractivity contribution >= 4 is 15.9 Å². The van der Waals surface area contributed by atoms with Crippen molar-refractivity contribution in [2.24, 2.45) is 0 Å². The van der Waals surface area contributed by atoms with Gasteiger partial charge in [-0.15, -0.1) is 0 Å². The van der Waals surface area contributed by atoms with Crippen LogP contribution in [0.3, 0.4) is 0 Å². The summed E-state index contributed by atoms with van der Waals surface area (Å²) >= 11 is 0. The maximum absolute atomic E-state index is 12.5. The predicted octanol–water partition coefficient (Wildman–Crippen LogP) is 2.07. The summed E-state index contributed by atoms with van der Waals surface area (Å²) in [5, 5.41) is 0. The molecule has 1 atom stereocenters. The SMILES string of the molecule is CCOc1ccc(S(=O)(=O)N[C@@H](C)C(=O)N2CCCCC2)cc1C. The second-order valence-electron chi connectivity index (χ2n) is 6.09. The summed E-state index contributed by atoms with van der Waals surface area (Å²) in [4.78, 5) is 14.3. The highest BCUT2D eigenvalue weighted by Crippen LogP contribution is 2.22. The Bertz CT molecular complexity index is 682. The quantitative estimate of drug-likeness (QED) is 0.848. The van der Waals surface area contributed by atoms with E-state index >= 15 is 0 Å². The molecule has 1 amide bonds. The van der Waals surface area contributed by atoms with Crippen LogP contribution >= 0.6 is 0 Å². The molecule has 1 aromatic carbocycles. The van der Waals surface area contributed by atoms with Gasteiger partial charge in [-0.1, -0.05) is 0 Å². The first-order chi connectivity index (χ1) is 11.3. The highest BCUT2D eigenvalue weighted by Gasteiger charge is 2.26. The first-order valence-electron chi connectivity index (χ1n) is 8.39. The van der Waals surface area contributed by atoms with E-state index in [0.29, 0.717) is 25.4 Å². The minimum atomic E-state index is -3.75. The summed E-state index contributed by atoms with van der Waals surface area (Å²) in [5.41, 5.74) is 0.745. The van der Waals surface area contributed by atoms with Gasteiger partial charge in [0, 0.05) is 13.1 Å². The molecule has 0 bridgehead atoms. The lowest BCUT2D eigenvalue weighted by atomic mass is 10.1. The minimum absolute atomic E-state index is 0.141. The molecular weight excluding hydrogens is 328 g/mol. The number of aryl methyl sites for hydroxylation is 1. The topological polar surface area (TPSA) is 75.7 Å². The fraction of sp³-hybridized carbons (Fsp3) is 0.588. The Morgan fingerprint density at radius 2 is 1.96 bits per heavy atom. The highest BCUT2D eigenvalue weighted by atomic mass is 32.2. The van der Waals surface area contributed by atoms with Crippen molar-refractivity contribution in [2.45, 2.75) is 51.0 Å². The summed E-state index contributed by atoms with van der Waals surface area (Å²) in [6.07, 6.45) is 3.07. The molecule has 2 rings (SSSR count). The van der Waals surface area contributed by atoms with E-state index in [9.17, 15) is 13.2 Å². The molecule has 1 N–H and O–H groups in total. The Hall–Kier alpha value is -1.60. The smallest absolute Gasteiger partial charge is 0.241 e. The lowest BCUT2D eigenvalue weighted by Gasteiger charge is -2.29. The standard InChI is InChI=1S/C17H26N2O4S/c1-4-23-16-9-8-15(12-13(16)2)24(21,22)18-14(3)17(20)19-10-6-5-7-11-19/h8-9,12,14,18H,4-7,10-11H2,1-3H3/t14-/m0/s1. The van der Waals surface area contributed by atoms with E-state index in [1.807, 2.05) is 6.92 Å². The van der Waals surface area contributed by atoms with Crippen molar-refractivity contribution in [3.05, 3.63) is 23.8 Å². The predicted molar refractivity (Wildman–Crippen MR) is 92.6 cm³/mol. The Labute approximate surface area is 144 Å². The molecule has 24 heavy (non-hydrogen) atoms. The molecule has 1 saturated heterocycles. The second kappa shape index (κ2) is 7.98. The monoisotopic (exact) mass is 354 g/mol. The largest absolute Gasteiger partial charge is 0.494 e. The molecular formula is C17H26N2O4S. The Kier molecular flexibility index (Phi) is 6.23. The number of rotatable bonds is 6. The van der Waals surface area contributed by atoms with Gasteiger partial charge in [-0.2, -0.15) is 4.72 Å². The third-order valence-corrected chi connectivity index (χ3v) is 5.67. The molecule has 134 valence electrons. The van der Waals surface area contributed by atoms with Crippen LogP contribution in [0, 0.1) is 6.92 Å². The van der Waals surface area contributed by atoms with E-state index in [2.05, 4.69) is 4.72 Å². The summed E-state index contributed by atoms with van der Waals surface area (Å²) in [6.45, 7) is 7.19. The minimum Gasteiger partial charge on any atom is -0.494 e. The van der Waals surface area contributed by atoms with Crippen molar-refractivity contribution in [1.82, 2.24) is 9.62 Å². The van der Waals surface area contributed by atoms with Crippen LogP contribution in [-0.2, 0) is 14.8 Å². The fourth-order valence-electron chi connectivity index (χ4n) is 2.85. The second-order valence-corrected chi connectivity index (χ2v) is 7.80. The molecule has 1 aliphatic heterocycles. The number of likely N-dealkylation sites (tertiary alicyclic amines) is 1. The van der Waals surface area contributed by atoms with Crippen LogP contribution < -0.4 is 9.46 Å². The number of piperidine rings is 1. The zero-order chi connectivity index (χ0) is 17.7. The average molecular weight is 354 g/mol. The van der Waals surface area contributed by atoms with Gasteiger partial charge in [-0.25, -0.2) is 8.42 Å². The molecule has 1 fully saturated rings. The van der Waals surface area contributed by atoms with E-state index in [4.69, 9.17) is 4.74 Å². The number of nitrogens with zero attached hydrogens (tertiary/aromatic N) is 1. The van der Waals surface area contributed by atoms with Crippen molar-refractivity contribution in [3.63, 3.8) is 0 Å². The van der Waals surface area contributed by atoms with Crippen molar-refractivity contribution in [2.75, 3.05) is 19.7 Å². The number of ether oxygens (including phenoxy) is 1. The molecule has 0 spiro atoms. The molecule has 6 nitrogen and oxygen atoms in total. The molecule has 0 aliphatic carbocycles. The maximum atomic E-state index is 12.5. The van der Waals surface area contributed by atoms with E-state index in [0.717, 1.165) is 24.8 Å². The number of carbonyl (C=O) groups excluding carboxylic acids is 1. The van der Waals surface area contributed by atoms with Gasteiger partial charge < -0.3 is 9.64 Å². The Morgan fingerprint density at radius 3 is 2.54 bits per heavy atom. The van der Waals surface area contributed by atoms with Gasteiger partial charge in [0.15, 0.2) is 0 Å². The van der Waals surface area contributed by atoms with Crippen LogP contribution in [0.1, 0.15) is 38.7 Å². The number of hydrogen-bond acceptors (Lipinski definition) is 4. The van der Waals surface area contributed by atoms with Crippen LogP contribution in [0.5, 0.6) is 5.75 Å². The summed E-state index contributed by atoms with van der Waals surface area (Å²) in [7, 11) is -3.75. The van der Waals surface area contributed by atoms with E-state index in [1.165, 1.54) is 6.07 Å². The van der Waals surface area contributed by atoms with Gasteiger partial charge in [0.2, 0.25) is 15.9 Å². The van der Waals surface area contributed by atoms with E-state index in [1.54, 1.807) is 30.9 Å². The van der Waals surface area contributed by atoms with E-state index < -0.39 is 16.1 Å². The maximum Gasteiger partial charge on any atom is 0.241 e. The lowest BCUT2D eigenvalue weighted by molar-refractivity contribution is -0.133. The molecule has 0 unspecified atom stereocenters. The number of hydrogen-bond donors (Lipinski definition) is 1. The van der Waals surface area contributed by atoms with Gasteiger partial charge in [-0.05, 0) is 63.8 Å². The van der Waals surface area contributed by atoms with Crippen LogP contribution in [0.2, 0.25) is 0 Å². The molecule has 1 heterocycles. The summed E-state index contributed by atoms with van der Waals surface area (Å²) in [5.74, 6) is 0.495. The van der Waals surface area contributed by atoms with Gasteiger partial charge >= 0.3 is 0 Å². The lowest BCUT2D eigenvalue weighted by Crippen LogP contribution is -2.48. The summed E-state index contributed by atoms with van der Waals surface area (Å²) in [6, 6.07) is 3.92. The number of benzene rings is 1. The normalized spacial score (nSPS) is 16.7. The van der Waals surface area contributed by atoms with Crippen LogP contribution in [-0.4, -0.2) is 45.0 Å². The molecule has 0 saturated carbocycles. The van der Waals surface area contributed by atoms with Crippen molar-refractivity contribution in [1.29, 1.82) is 0 Å². The van der Waals surface area contributed by atoms with Crippen molar-refractivity contribution < 1.29 is 17.9 Å². The zero-order valence-corrected chi connectivity index (χ0v) is 15.4. The molecule has 1 aromatic rings. The fourth-order valence-corrected chi connectivity index (χ4v) is 4.13.